The molecule has 2 fully saturated rings. The highest BCUT2D eigenvalue weighted by Crippen LogP contribution is 2.25. The van der Waals surface area contributed by atoms with Crippen molar-refractivity contribution in [2.75, 3.05) is 40.3 Å². The summed E-state index contributed by atoms with van der Waals surface area (Å²) in [6.07, 6.45) is 4.62. The molecule has 0 radical (unpaired) electrons. The molecule has 0 spiro atoms. The summed E-state index contributed by atoms with van der Waals surface area (Å²) < 4.78 is 5.61. The van der Waals surface area contributed by atoms with Crippen LogP contribution in [0.1, 0.15) is 37.2 Å². The predicted octanol–water partition coefficient (Wildman–Crippen LogP) is 2.35. The van der Waals surface area contributed by atoms with Gasteiger partial charge < -0.3 is 14.2 Å². The van der Waals surface area contributed by atoms with Gasteiger partial charge in [0.15, 0.2) is 0 Å². The first kappa shape index (κ1) is 17.5. The first-order chi connectivity index (χ1) is 11.5. The minimum atomic E-state index is 0.138. The lowest BCUT2D eigenvalue weighted by molar-refractivity contribution is -0.137. The van der Waals surface area contributed by atoms with Crippen LogP contribution in [0.25, 0.3) is 0 Å². The summed E-state index contributed by atoms with van der Waals surface area (Å²) in [5.41, 5.74) is 0. The molecule has 24 heavy (non-hydrogen) atoms. The van der Waals surface area contributed by atoms with Crippen LogP contribution in [-0.2, 0) is 11.3 Å². The van der Waals surface area contributed by atoms with Gasteiger partial charge in [-0.25, -0.2) is 0 Å². The van der Waals surface area contributed by atoms with Crippen LogP contribution >= 0.6 is 0 Å². The summed E-state index contributed by atoms with van der Waals surface area (Å²) in [7, 11) is 4.10. The summed E-state index contributed by atoms with van der Waals surface area (Å²) in [6, 6.07) is 4.58. The van der Waals surface area contributed by atoms with Gasteiger partial charge in [-0.1, -0.05) is 0 Å². The Morgan fingerprint density at radius 2 is 2.00 bits per heavy atom. The lowest BCUT2D eigenvalue weighted by Crippen LogP contribution is -2.50. The second-order valence-corrected chi connectivity index (χ2v) is 7.58. The Balaban J connectivity index is 1.54. The van der Waals surface area contributed by atoms with Crippen LogP contribution in [0.15, 0.2) is 16.5 Å². The Labute approximate surface area is 145 Å². The van der Waals surface area contributed by atoms with Gasteiger partial charge in [0.25, 0.3) is 0 Å². The van der Waals surface area contributed by atoms with Crippen LogP contribution in [0.4, 0.5) is 0 Å². The first-order valence-corrected chi connectivity index (χ1v) is 9.26. The second kappa shape index (κ2) is 7.70. The quantitative estimate of drug-likeness (QED) is 0.848. The van der Waals surface area contributed by atoms with E-state index < -0.39 is 0 Å². The second-order valence-electron chi connectivity index (χ2n) is 7.58. The lowest BCUT2D eigenvalue weighted by Gasteiger charge is -2.41. The van der Waals surface area contributed by atoms with Gasteiger partial charge in [-0.05, 0) is 71.4 Å². The van der Waals surface area contributed by atoms with Crippen molar-refractivity contribution < 1.29 is 9.21 Å². The molecule has 5 heteroatoms. The summed E-state index contributed by atoms with van der Waals surface area (Å²) in [6.45, 7) is 6.94. The Kier molecular flexibility index (Phi) is 5.61. The highest BCUT2D eigenvalue weighted by Gasteiger charge is 2.32. The molecule has 134 valence electrons. The zero-order valence-corrected chi connectivity index (χ0v) is 15.3. The molecule has 0 N–H and O–H groups in total. The number of aryl methyl sites for hydroxylation is 1. The molecular weight excluding hydrogens is 302 g/mol. The number of nitrogens with zero attached hydrogens (tertiary/aromatic N) is 3. The van der Waals surface area contributed by atoms with Gasteiger partial charge in [-0.15, -0.1) is 0 Å². The zero-order valence-electron chi connectivity index (χ0n) is 15.3. The van der Waals surface area contributed by atoms with E-state index in [2.05, 4.69) is 16.8 Å². The maximum Gasteiger partial charge on any atom is 0.227 e. The molecule has 3 rings (SSSR count). The SMILES string of the molecule is Cc1ccc(CN(C)C(=O)[C@H]2CCCN(C3CCN(C)CC3)C2)o1. The number of amides is 1. The number of carbonyl (C=O) groups is 1. The molecule has 1 atom stereocenters. The Bertz CT molecular complexity index is 549. The summed E-state index contributed by atoms with van der Waals surface area (Å²) in [5.74, 6) is 2.17. The molecule has 1 aromatic heterocycles. The van der Waals surface area contributed by atoms with Crippen molar-refractivity contribution >= 4 is 5.91 Å². The number of hydrogen-bond donors (Lipinski definition) is 0. The molecule has 0 unspecified atom stereocenters. The molecule has 5 nitrogen and oxygen atoms in total. The van der Waals surface area contributed by atoms with Gasteiger partial charge in [0.2, 0.25) is 5.91 Å². The summed E-state index contributed by atoms with van der Waals surface area (Å²) in [5, 5.41) is 0. The van der Waals surface area contributed by atoms with E-state index in [1.165, 1.54) is 25.9 Å². The number of rotatable bonds is 4. The lowest BCUT2D eigenvalue weighted by atomic mass is 9.93. The topological polar surface area (TPSA) is 39.9 Å². The normalized spacial score (nSPS) is 24.2. The highest BCUT2D eigenvalue weighted by atomic mass is 16.3. The van der Waals surface area contributed by atoms with E-state index >= 15 is 0 Å². The molecule has 1 amide bonds. The molecule has 0 aromatic carbocycles. The molecule has 1 aromatic rings. The zero-order chi connectivity index (χ0) is 17.1. The first-order valence-electron chi connectivity index (χ1n) is 9.26. The van der Waals surface area contributed by atoms with Crippen molar-refractivity contribution in [2.45, 2.75) is 45.2 Å². The van der Waals surface area contributed by atoms with Crippen molar-refractivity contribution in [3.05, 3.63) is 23.7 Å². The van der Waals surface area contributed by atoms with Gasteiger partial charge in [0.1, 0.15) is 11.5 Å². The highest BCUT2D eigenvalue weighted by molar-refractivity contribution is 5.78. The van der Waals surface area contributed by atoms with Crippen LogP contribution < -0.4 is 0 Å². The number of furan rings is 1. The van der Waals surface area contributed by atoms with Gasteiger partial charge in [0, 0.05) is 19.6 Å². The van der Waals surface area contributed by atoms with Crippen molar-refractivity contribution in [3.8, 4) is 0 Å². The van der Waals surface area contributed by atoms with Crippen LogP contribution in [0.2, 0.25) is 0 Å². The standard InChI is InChI=1S/C19H31N3O2/c1-15-6-7-18(24-15)14-21(3)19(23)16-5-4-10-22(13-16)17-8-11-20(2)12-9-17/h6-7,16-17H,4-5,8-14H2,1-3H3/t16-/m0/s1. The average Bonchev–Trinajstić information content (AvgIpc) is 3.00. The fourth-order valence-corrected chi connectivity index (χ4v) is 4.09. The van der Waals surface area contributed by atoms with E-state index in [-0.39, 0.29) is 11.8 Å². The summed E-state index contributed by atoms with van der Waals surface area (Å²) >= 11 is 0. The van der Waals surface area contributed by atoms with E-state index in [4.69, 9.17) is 4.42 Å². The van der Waals surface area contributed by atoms with Crippen molar-refractivity contribution in [3.63, 3.8) is 0 Å². The van der Waals surface area contributed by atoms with Crippen molar-refractivity contribution in [2.24, 2.45) is 5.92 Å². The minimum absolute atomic E-state index is 0.138. The monoisotopic (exact) mass is 333 g/mol. The number of carbonyl (C=O) groups excluding carboxylic acids is 1. The molecule has 2 saturated heterocycles. The maximum absolute atomic E-state index is 12.8. The molecule has 0 bridgehead atoms. The molecule has 2 aliphatic heterocycles. The van der Waals surface area contributed by atoms with E-state index in [0.717, 1.165) is 37.5 Å². The molecular formula is C19H31N3O2. The third kappa shape index (κ3) is 4.19. The van der Waals surface area contributed by atoms with Crippen LogP contribution in [0, 0.1) is 12.8 Å². The number of hydrogen-bond acceptors (Lipinski definition) is 4. The molecule has 2 aliphatic rings. The van der Waals surface area contributed by atoms with Crippen molar-refractivity contribution in [1.29, 1.82) is 0 Å². The van der Waals surface area contributed by atoms with E-state index in [1.54, 1.807) is 0 Å². The Morgan fingerprint density at radius 1 is 1.25 bits per heavy atom. The number of piperidine rings is 2. The summed E-state index contributed by atoms with van der Waals surface area (Å²) in [4.78, 5) is 19.7. The third-order valence-corrected chi connectivity index (χ3v) is 5.57. The van der Waals surface area contributed by atoms with Crippen LogP contribution in [0.3, 0.4) is 0 Å². The van der Waals surface area contributed by atoms with E-state index in [0.29, 0.717) is 12.6 Å². The molecule has 0 aliphatic carbocycles. The minimum Gasteiger partial charge on any atom is -0.464 e. The molecule has 0 saturated carbocycles. The van der Waals surface area contributed by atoms with E-state index in [1.807, 2.05) is 31.0 Å². The van der Waals surface area contributed by atoms with Gasteiger partial charge in [-0.2, -0.15) is 0 Å². The van der Waals surface area contributed by atoms with E-state index in [9.17, 15) is 4.79 Å². The molecule has 3 heterocycles. The van der Waals surface area contributed by atoms with Gasteiger partial charge in [-0.3, -0.25) is 9.69 Å². The Hall–Kier alpha value is -1.33. The van der Waals surface area contributed by atoms with Gasteiger partial charge >= 0.3 is 0 Å². The van der Waals surface area contributed by atoms with Crippen LogP contribution in [0.5, 0.6) is 0 Å². The van der Waals surface area contributed by atoms with Gasteiger partial charge in [0.05, 0.1) is 12.5 Å². The number of likely N-dealkylation sites (tertiary alicyclic amines) is 2. The van der Waals surface area contributed by atoms with Crippen LogP contribution in [-0.4, -0.2) is 66.9 Å². The fourth-order valence-electron chi connectivity index (χ4n) is 4.09. The maximum atomic E-state index is 12.8. The Morgan fingerprint density at radius 3 is 2.67 bits per heavy atom. The third-order valence-electron chi connectivity index (χ3n) is 5.57. The predicted molar refractivity (Wildman–Crippen MR) is 94.7 cm³/mol. The van der Waals surface area contributed by atoms with Crippen molar-refractivity contribution in [1.82, 2.24) is 14.7 Å². The largest absolute Gasteiger partial charge is 0.464 e. The smallest absolute Gasteiger partial charge is 0.227 e. The fraction of sp³-hybridized carbons (Fsp3) is 0.737. The average molecular weight is 333 g/mol.